The molecule has 146 valence electrons. The summed E-state index contributed by atoms with van der Waals surface area (Å²) in [5.41, 5.74) is 3.68. The molecule has 4 aromatic rings. The average molecular weight is 387 g/mol. The monoisotopic (exact) mass is 387 g/mol. The molecule has 7 heteroatoms. The lowest BCUT2D eigenvalue weighted by atomic mass is 10.2. The fourth-order valence-electron chi connectivity index (χ4n) is 3.89. The smallest absolute Gasteiger partial charge is 0.317 e. The molecule has 2 amide bonds. The minimum absolute atomic E-state index is 0.0430. The molecule has 0 aliphatic carbocycles. The van der Waals surface area contributed by atoms with Crippen molar-refractivity contribution >= 4 is 17.2 Å². The summed E-state index contributed by atoms with van der Waals surface area (Å²) in [6, 6.07) is 15.7. The zero-order chi connectivity index (χ0) is 19.6. The Hall–Kier alpha value is -3.61. The van der Waals surface area contributed by atoms with Crippen molar-refractivity contribution in [2.45, 2.75) is 19.0 Å². The summed E-state index contributed by atoms with van der Waals surface area (Å²) in [6.07, 6.45) is 5.96. The van der Waals surface area contributed by atoms with E-state index in [2.05, 4.69) is 14.9 Å². The summed E-state index contributed by atoms with van der Waals surface area (Å²) in [5.74, 6) is 0.823. The molecule has 0 bridgehead atoms. The van der Waals surface area contributed by atoms with Crippen LogP contribution in [0.15, 0.2) is 71.7 Å². The third-order valence-corrected chi connectivity index (χ3v) is 5.33. The van der Waals surface area contributed by atoms with E-state index in [-0.39, 0.29) is 12.1 Å². The van der Waals surface area contributed by atoms with E-state index in [0.717, 1.165) is 34.5 Å². The molecule has 4 heterocycles. The molecule has 5 rings (SSSR count). The predicted molar refractivity (Wildman–Crippen MR) is 109 cm³/mol. The Labute approximate surface area is 168 Å². The summed E-state index contributed by atoms with van der Waals surface area (Å²) in [4.78, 5) is 23.9. The number of carbonyl (C=O) groups is 1. The van der Waals surface area contributed by atoms with Crippen LogP contribution in [0, 0.1) is 0 Å². The molecule has 0 radical (unpaired) electrons. The lowest BCUT2D eigenvalue weighted by molar-refractivity contribution is 0.207. The number of pyridine rings is 1. The summed E-state index contributed by atoms with van der Waals surface area (Å²) in [5, 5.41) is 3.02. The maximum absolute atomic E-state index is 12.7. The highest BCUT2D eigenvalue weighted by atomic mass is 16.3. The van der Waals surface area contributed by atoms with Gasteiger partial charge in [-0.05, 0) is 30.2 Å². The van der Waals surface area contributed by atoms with Gasteiger partial charge in [0.2, 0.25) is 0 Å². The van der Waals surface area contributed by atoms with Crippen LogP contribution < -0.4 is 5.32 Å². The van der Waals surface area contributed by atoms with Crippen molar-refractivity contribution < 1.29 is 9.21 Å². The van der Waals surface area contributed by atoms with Crippen molar-refractivity contribution in [2.75, 3.05) is 13.1 Å². The lowest BCUT2D eigenvalue weighted by Gasteiger charge is -2.19. The molecular weight excluding hydrogens is 366 g/mol. The number of furan rings is 1. The number of hydrogen-bond acceptors (Lipinski definition) is 4. The number of hydrogen-bond donors (Lipinski definition) is 1. The van der Waals surface area contributed by atoms with Gasteiger partial charge in [-0.3, -0.25) is 0 Å². The van der Waals surface area contributed by atoms with E-state index in [1.165, 1.54) is 0 Å². The minimum atomic E-state index is -0.0430. The van der Waals surface area contributed by atoms with E-state index in [1.807, 2.05) is 53.4 Å². The first-order valence-corrected chi connectivity index (χ1v) is 9.72. The minimum Gasteiger partial charge on any atom is -0.472 e. The molecule has 1 atom stereocenters. The van der Waals surface area contributed by atoms with Crippen LogP contribution in [0.2, 0.25) is 0 Å². The first-order chi connectivity index (χ1) is 14.3. The molecule has 3 aromatic heterocycles. The second-order valence-corrected chi connectivity index (χ2v) is 7.20. The Morgan fingerprint density at radius 1 is 1.17 bits per heavy atom. The number of likely N-dealkylation sites (tertiary alicyclic amines) is 1. The second-order valence-electron chi connectivity index (χ2n) is 7.20. The summed E-state index contributed by atoms with van der Waals surface area (Å²) >= 11 is 0. The van der Waals surface area contributed by atoms with Crippen molar-refractivity contribution in [2.24, 2.45) is 0 Å². The summed E-state index contributed by atoms with van der Waals surface area (Å²) in [7, 11) is 0. The highest BCUT2D eigenvalue weighted by molar-refractivity contribution is 5.78. The predicted octanol–water partition coefficient (Wildman–Crippen LogP) is 3.85. The molecule has 1 unspecified atom stereocenters. The maximum Gasteiger partial charge on any atom is 0.317 e. The maximum atomic E-state index is 12.7. The quantitative estimate of drug-likeness (QED) is 0.577. The van der Waals surface area contributed by atoms with Crippen molar-refractivity contribution in [3.05, 3.63) is 72.8 Å². The van der Waals surface area contributed by atoms with Crippen LogP contribution in [0.3, 0.4) is 0 Å². The van der Waals surface area contributed by atoms with E-state index >= 15 is 0 Å². The Morgan fingerprint density at radius 2 is 2.07 bits per heavy atom. The van der Waals surface area contributed by atoms with E-state index in [0.29, 0.717) is 19.6 Å². The highest BCUT2D eigenvalue weighted by Gasteiger charge is 2.31. The molecule has 1 saturated heterocycles. The Balaban J connectivity index is 1.37. The highest BCUT2D eigenvalue weighted by Crippen LogP contribution is 2.32. The van der Waals surface area contributed by atoms with Crippen molar-refractivity contribution in [1.29, 1.82) is 0 Å². The molecular formula is C22H21N5O2. The molecule has 0 spiro atoms. The van der Waals surface area contributed by atoms with Gasteiger partial charge < -0.3 is 19.2 Å². The van der Waals surface area contributed by atoms with Gasteiger partial charge in [0.1, 0.15) is 17.6 Å². The zero-order valence-corrected chi connectivity index (χ0v) is 15.9. The van der Waals surface area contributed by atoms with Gasteiger partial charge in [0, 0.05) is 25.8 Å². The Bertz CT molecular complexity index is 1120. The van der Waals surface area contributed by atoms with Gasteiger partial charge in [0.25, 0.3) is 0 Å². The molecule has 1 N–H and O–H groups in total. The molecule has 0 saturated carbocycles. The van der Waals surface area contributed by atoms with Gasteiger partial charge in [-0.2, -0.15) is 0 Å². The second kappa shape index (κ2) is 7.43. The van der Waals surface area contributed by atoms with Gasteiger partial charge in [0.05, 0.1) is 17.9 Å². The van der Waals surface area contributed by atoms with Crippen LogP contribution in [0.5, 0.6) is 0 Å². The van der Waals surface area contributed by atoms with Gasteiger partial charge >= 0.3 is 6.03 Å². The first kappa shape index (κ1) is 17.5. The van der Waals surface area contributed by atoms with Crippen LogP contribution in [0.25, 0.3) is 22.6 Å². The molecule has 1 fully saturated rings. The average Bonchev–Trinajstić information content (AvgIpc) is 3.51. The van der Waals surface area contributed by atoms with Crippen molar-refractivity contribution in [3.8, 4) is 11.4 Å². The van der Waals surface area contributed by atoms with Gasteiger partial charge in [-0.1, -0.05) is 30.3 Å². The van der Waals surface area contributed by atoms with Crippen LogP contribution in [-0.4, -0.2) is 38.6 Å². The van der Waals surface area contributed by atoms with Gasteiger partial charge in [-0.15, -0.1) is 0 Å². The van der Waals surface area contributed by atoms with Crippen LogP contribution >= 0.6 is 0 Å². The third kappa shape index (κ3) is 3.35. The standard InChI is InChI=1S/C22H21N5O2/c28-22(24-13-16-5-2-1-3-6-16)26-11-8-18(14-26)27-20(17-9-12-29-15-17)25-19-7-4-10-23-21(19)27/h1-7,9-10,12,15,18H,8,11,13-14H2,(H,24,28). The SMILES string of the molecule is O=C(NCc1ccccc1)N1CCC(n2c(-c3ccoc3)nc3cccnc32)C1. The van der Waals surface area contributed by atoms with E-state index in [1.54, 1.807) is 18.7 Å². The number of carbonyl (C=O) groups excluding carboxylic acids is 1. The topological polar surface area (TPSA) is 76.2 Å². The van der Waals surface area contributed by atoms with Crippen LogP contribution in [-0.2, 0) is 6.54 Å². The molecule has 1 aliphatic heterocycles. The van der Waals surface area contributed by atoms with Crippen LogP contribution in [0.4, 0.5) is 4.79 Å². The van der Waals surface area contributed by atoms with E-state index < -0.39 is 0 Å². The summed E-state index contributed by atoms with van der Waals surface area (Å²) in [6.45, 7) is 1.84. The number of imidazole rings is 1. The number of benzene rings is 1. The normalized spacial score (nSPS) is 16.4. The van der Waals surface area contributed by atoms with Crippen molar-refractivity contribution in [3.63, 3.8) is 0 Å². The molecule has 29 heavy (non-hydrogen) atoms. The molecule has 1 aliphatic rings. The fraction of sp³-hybridized carbons (Fsp3) is 0.227. The van der Waals surface area contributed by atoms with Crippen LogP contribution in [0.1, 0.15) is 18.0 Å². The van der Waals surface area contributed by atoms with Crippen molar-refractivity contribution in [1.82, 2.24) is 24.8 Å². The number of amides is 2. The van der Waals surface area contributed by atoms with E-state index in [9.17, 15) is 4.79 Å². The Morgan fingerprint density at radius 3 is 2.90 bits per heavy atom. The lowest BCUT2D eigenvalue weighted by Crippen LogP contribution is -2.38. The third-order valence-electron chi connectivity index (χ3n) is 5.33. The number of nitrogens with zero attached hydrogens (tertiary/aromatic N) is 4. The largest absolute Gasteiger partial charge is 0.472 e. The first-order valence-electron chi connectivity index (χ1n) is 9.72. The van der Waals surface area contributed by atoms with Gasteiger partial charge in [-0.25, -0.2) is 14.8 Å². The fourth-order valence-corrected chi connectivity index (χ4v) is 3.89. The number of fused-ring (bicyclic) bond motifs is 1. The molecule has 7 nitrogen and oxygen atoms in total. The number of rotatable bonds is 4. The number of urea groups is 1. The molecule has 1 aromatic carbocycles. The summed E-state index contributed by atoms with van der Waals surface area (Å²) < 4.78 is 7.41. The number of aromatic nitrogens is 3. The Kier molecular flexibility index (Phi) is 4.48. The van der Waals surface area contributed by atoms with Gasteiger partial charge in [0.15, 0.2) is 5.65 Å². The number of nitrogens with one attached hydrogen (secondary N) is 1. The van der Waals surface area contributed by atoms with E-state index in [4.69, 9.17) is 9.40 Å². The zero-order valence-electron chi connectivity index (χ0n) is 15.9.